The molecule has 2 aromatic rings. The first kappa shape index (κ1) is 21.5. The molecule has 6 nitrogen and oxygen atoms in total. The number of rotatable bonds is 6. The molecule has 0 atom stereocenters. The second-order valence-corrected chi connectivity index (χ2v) is 5.70. The Labute approximate surface area is 159 Å². The lowest BCUT2D eigenvalue weighted by atomic mass is 10.1. The highest BCUT2D eigenvalue weighted by Gasteiger charge is 2.15. The predicted octanol–water partition coefficient (Wildman–Crippen LogP) is 2.92. The molecule has 0 saturated heterocycles. The van der Waals surface area contributed by atoms with Crippen molar-refractivity contribution in [3.8, 4) is 5.75 Å². The highest BCUT2D eigenvalue weighted by atomic mass is 35.5. The Morgan fingerprint density at radius 2 is 1.69 bits per heavy atom. The predicted molar refractivity (Wildman–Crippen MR) is 105 cm³/mol. The van der Waals surface area contributed by atoms with E-state index in [1.165, 1.54) is 4.90 Å². The van der Waals surface area contributed by atoms with Gasteiger partial charge in [0.05, 0.1) is 12.3 Å². The van der Waals surface area contributed by atoms with Crippen molar-refractivity contribution in [3.63, 3.8) is 0 Å². The van der Waals surface area contributed by atoms with Gasteiger partial charge in [-0.15, -0.1) is 12.4 Å². The molecule has 3 N–H and O–H groups in total. The van der Waals surface area contributed by atoms with Crippen LogP contribution in [0.5, 0.6) is 5.75 Å². The molecule has 0 spiro atoms. The van der Waals surface area contributed by atoms with Crippen LogP contribution < -0.4 is 15.8 Å². The van der Waals surface area contributed by atoms with Crippen LogP contribution in [-0.2, 0) is 6.54 Å². The summed E-state index contributed by atoms with van der Waals surface area (Å²) in [6.07, 6.45) is 0. The summed E-state index contributed by atoms with van der Waals surface area (Å²) >= 11 is 0. The van der Waals surface area contributed by atoms with Gasteiger partial charge in [-0.2, -0.15) is 0 Å². The van der Waals surface area contributed by atoms with Gasteiger partial charge >= 0.3 is 0 Å². The minimum atomic E-state index is -0.279. The third-order valence-electron chi connectivity index (χ3n) is 3.63. The van der Waals surface area contributed by atoms with Crippen LogP contribution in [-0.4, -0.2) is 37.4 Å². The van der Waals surface area contributed by atoms with Crippen molar-refractivity contribution in [2.24, 2.45) is 5.73 Å². The van der Waals surface area contributed by atoms with E-state index in [9.17, 15) is 9.59 Å². The summed E-state index contributed by atoms with van der Waals surface area (Å²) in [4.78, 5) is 26.1. The number of anilines is 1. The van der Waals surface area contributed by atoms with Crippen LogP contribution in [0.2, 0.25) is 0 Å². The molecule has 0 aromatic heterocycles. The number of nitrogens with zero attached hydrogens (tertiary/aromatic N) is 1. The molecular formula is C19H24ClN3O3. The normalized spacial score (nSPS) is 9.85. The van der Waals surface area contributed by atoms with Gasteiger partial charge in [-0.05, 0) is 42.8 Å². The van der Waals surface area contributed by atoms with Gasteiger partial charge in [0.15, 0.2) is 0 Å². The molecule has 0 radical (unpaired) electrons. The summed E-state index contributed by atoms with van der Waals surface area (Å²) in [7, 11) is 3.35. The van der Waals surface area contributed by atoms with Crippen LogP contribution in [0.3, 0.4) is 0 Å². The van der Waals surface area contributed by atoms with E-state index in [1.54, 1.807) is 44.4 Å². The SMILES string of the molecule is CCOc1ccc(C(=O)N(C)C)cc1NC(=O)c1ccc(CN)cc1.Cl. The summed E-state index contributed by atoms with van der Waals surface area (Å²) < 4.78 is 5.55. The molecular weight excluding hydrogens is 354 g/mol. The lowest BCUT2D eigenvalue weighted by Crippen LogP contribution is -2.22. The first-order valence-electron chi connectivity index (χ1n) is 8.05. The Balaban J connectivity index is 0.00000338. The molecule has 2 rings (SSSR count). The molecule has 0 bridgehead atoms. The molecule has 2 aromatic carbocycles. The van der Waals surface area contributed by atoms with Crippen molar-refractivity contribution in [2.75, 3.05) is 26.0 Å². The number of amides is 2. The topological polar surface area (TPSA) is 84.7 Å². The maximum atomic E-state index is 12.5. The minimum Gasteiger partial charge on any atom is -0.492 e. The van der Waals surface area contributed by atoms with Crippen molar-refractivity contribution in [1.82, 2.24) is 4.90 Å². The van der Waals surface area contributed by atoms with Crippen LogP contribution in [0.4, 0.5) is 5.69 Å². The van der Waals surface area contributed by atoms with Gasteiger partial charge in [0, 0.05) is 31.8 Å². The third-order valence-corrected chi connectivity index (χ3v) is 3.63. The zero-order valence-electron chi connectivity index (χ0n) is 15.1. The molecule has 7 heteroatoms. The summed E-state index contributed by atoms with van der Waals surface area (Å²) in [5.74, 6) is 0.0922. The number of benzene rings is 2. The lowest BCUT2D eigenvalue weighted by Gasteiger charge is -2.15. The van der Waals surface area contributed by atoms with E-state index in [1.807, 2.05) is 19.1 Å². The Bertz CT molecular complexity index is 761. The monoisotopic (exact) mass is 377 g/mol. The average molecular weight is 378 g/mol. The number of nitrogens with two attached hydrogens (primary N) is 1. The fourth-order valence-electron chi connectivity index (χ4n) is 2.29. The summed E-state index contributed by atoms with van der Waals surface area (Å²) in [5.41, 5.74) is 7.96. The Hall–Kier alpha value is -2.57. The van der Waals surface area contributed by atoms with E-state index < -0.39 is 0 Å². The van der Waals surface area contributed by atoms with Gasteiger partial charge < -0.3 is 20.7 Å². The Morgan fingerprint density at radius 3 is 2.23 bits per heavy atom. The molecule has 0 aliphatic heterocycles. The van der Waals surface area contributed by atoms with Crippen molar-refractivity contribution < 1.29 is 14.3 Å². The van der Waals surface area contributed by atoms with E-state index in [0.29, 0.717) is 35.7 Å². The molecule has 0 unspecified atom stereocenters. The van der Waals surface area contributed by atoms with Crippen LogP contribution in [0.25, 0.3) is 0 Å². The highest BCUT2D eigenvalue weighted by molar-refractivity contribution is 6.06. The largest absolute Gasteiger partial charge is 0.492 e. The minimum absolute atomic E-state index is 0. The molecule has 0 aliphatic carbocycles. The van der Waals surface area contributed by atoms with Gasteiger partial charge in [0.25, 0.3) is 11.8 Å². The number of hydrogen-bond acceptors (Lipinski definition) is 4. The molecule has 140 valence electrons. The van der Waals surface area contributed by atoms with E-state index in [2.05, 4.69) is 5.32 Å². The van der Waals surface area contributed by atoms with Gasteiger partial charge in [-0.3, -0.25) is 9.59 Å². The number of nitrogens with one attached hydrogen (secondary N) is 1. The van der Waals surface area contributed by atoms with Crippen LogP contribution >= 0.6 is 12.4 Å². The highest BCUT2D eigenvalue weighted by Crippen LogP contribution is 2.27. The number of carbonyl (C=O) groups is 2. The fraction of sp³-hybridized carbons (Fsp3) is 0.263. The van der Waals surface area contributed by atoms with Gasteiger partial charge in [0.1, 0.15) is 5.75 Å². The van der Waals surface area contributed by atoms with Crippen LogP contribution in [0, 0.1) is 0 Å². The first-order chi connectivity index (χ1) is 12.0. The van der Waals surface area contributed by atoms with E-state index in [4.69, 9.17) is 10.5 Å². The van der Waals surface area contributed by atoms with Gasteiger partial charge in [0.2, 0.25) is 0 Å². The average Bonchev–Trinajstić information content (AvgIpc) is 2.62. The third kappa shape index (κ3) is 5.21. The fourth-order valence-corrected chi connectivity index (χ4v) is 2.29. The number of carbonyl (C=O) groups excluding carboxylic acids is 2. The first-order valence-corrected chi connectivity index (χ1v) is 8.05. The van der Waals surface area contributed by atoms with E-state index in [-0.39, 0.29) is 24.2 Å². The molecule has 0 aliphatic rings. The zero-order chi connectivity index (χ0) is 18.4. The lowest BCUT2D eigenvalue weighted by molar-refractivity contribution is 0.0827. The quantitative estimate of drug-likeness (QED) is 0.810. The number of halogens is 1. The molecule has 26 heavy (non-hydrogen) atoms. The summed E-state index contributed by atoms with van der Waals surface area (Å²) in [6, 6.07) is 12.0. The smallest absolute Gasteiger partial charge is 0.255 e. The second-order valence-electron chi connectivity index (χ2n) is 5.70. The van der Waals surface area contributed by atoms with Crippen molar-refractivity contribution in [3.05, 3.63) is 59.2 Å². The maximum Gasteiger partial charge on any atom is 0.255 e. The Morgan fingerprint density at radius 1 is 1.08 bits per heavy atom. The number of ether oxygens (including phenoxy) is 1. The summed E-state index contributed by atoms with van der Waals surface area (Å²) in [6.45, 7) is 2.73. The Kier molecular flexibility index (Phi) is 8.09. The maximum absolute atomic E-state index is 12.5. The van der Waals surface area contributed by atoms with Gasteiger partial charge in [-0.25, -0.2) is 0 Å². The van der Waals surface area contributed by atoms with Crippen LogP contribution in [0.1, 0.15) is 33.2 Å². The standard InChI is InChI=1S/C19H23N3O3.ClH/c1-4-25-17-10-9-15(19(24)22(2)3)11-16(17)21-18(23)14-7-5-13(12-20)6-8-14;/h5-11H,4,12,20H2,1-3H3,(H,21,23);1H. The molecule has 0 heterocycles. The van der Waals surface area contributed by atoms with E-state index >= 15 is 0 Å². The number of hydrogen-bond donors (Lipinski definition) is 2. The van der Waals surface area contributed by atoms with Gasteiger partial charge in [-0.1, -0.05) is 12.1 Å². The van der Waals surface area contributed by atoms with Crippen molar-refractivity contribution >= 4 is 29.9 Å². The van der Waals surface area contributed by atoms with Crippen molar-refractivity contribution in [2.45, 2.75) is 13.5 Å². The molecule has 0 saturated carbocycles. The zero-order valence-corrected chi connectivity index (χ0v) is 15.9. The summed E-state index contributed by atoms with van der Waals surface area (Å²) in [5, 5.41) is 2.82. The second kappa shape index (κ2) is 9.79. The van der Waals surface area contributed by atoms with Crippen molar-refractivity contribution in [1.29, 1.82) is 0 Å². The molecule has 2 amide bonds. The van der Waals surface area contributed by atoms with Crippen LogP contribution in [0.15, 0.2) is 42.5 Å². The molecule has 0 fully saturated rings. The van der Waals surface area contributed by atoms with E-state index in [0.717, 1.165) is 5.56 Å².